The van der Waals surface area contributed by atoms with Gasteiger partial charge in [-0.1, -0.05) is 12.1 Å². The van der Waals surface area contributed by atoms with Crippen LogP contribution in [0, 0.1) is 0 Å². The summed E-state index contributed by atoms with van der Waals surface area (Å²) < 4.78 is 0. The number of hydrogen-bond acceptors (Lipinski definition) is 9. The van der Waals surface area contributed by atoms with E-state index in [1.165, 1.54) is 31.2 Å². The van der Waals surface area contributed by atoms with Gasteiger partial charge in [0.1, 0.15) is 29.9 Å². The molecule has 0 aromatic heterocycles. The van der Waals surface area contributed by atoms with Crippen molar-refractivity contribution >= 4 is 29.6 Å². The highest BCUT2D eigenvalue weighted by Gasteiger charge is 2.31. The molecule has 0 saturated heterocycles. The van der Waals surface area contributed by atoms with Crippen LogP contribution in [-0.2, 0) is 30.4 Å². The summed E-state index contributed by atoms with van der Waals surface area (Å²) in [6.07, 6.45) is -1.99. The molecule has 0 bridgehead atoms. The van der Waals surface area contributed by atoms with Crippen molar-refractivity contribution in [1.29, 1.82) is 0 Å². The van der Waals surface area contributed by atoms with Crippen LogP contribution < -0.4 is 27.4 Å². The first-order valence-electron chi connectivity index (χ1n) is 10.6. The normalized spacial score (nSPS) is 15.1. The number of phenolic OH excluding ortho intramolecular Hbond substituents is 1. The fraction of sp³-hybridized carbons (Fsp3) is 0.476. The summed E-state index contributed by atoms with van der Waals surface area (Å²) in [5.74, 6) is -5.08. The molecule has 0 spiro atoms. The lowest BCUT2D eigenvalue weighted by Gasteiger charge is -2.25. The van der Waals surface area contributed by atoms with Crippen molar-refractivity contribution < 1.29 is 44.4 Å². The highest BCUT2D eigenvalue weighted by atomic mass is 16.4. The molecule has 0 aliphatic heterocycles. The minimum Gasteiger partial charge on any atom is -0.508 e. The lowest BCUT2D eigenvalue weighted by molar-refractivity contribution is -0.142. The smallest absolute Gasteiger partial charge is 0.326 e. The zero-order valence-corrected chi connectivity index (χ0v) is 19.0. The van der Waals surface area contributed by atoms with E-state index in [9.17, 15) is 44.4 Å². The number of hydrogen-bond donors (Lipinski definition) is 9. The number of aromatic hydroxyl groups is 1. The van der Waals surface area contributed by atoms with Crippen LogP contribution in [0.25, 0.3) is 0 Å². The van der Waals surface area contributed by atoms with Gasteiger partial charge in [-0.3, -0.25) is 19.2 Å². The van der Waals surface area contributed by atoms with E-state index in [0.29, 0.717) is 5.56 Å². The number of aliphatic hydroxyl groups excluding tert-OH is 2. The number of phenols is 1. The van der Waals surface area contributed by atoms with Crippen LogP contribution in [0.2, 0.25) is 0 Å². The topological polar surface area (TPSA) is 254 Å². The largest absolute Gasteiger partial charge is 0.508 e. The third-order valence-electron chi connectivity index (χ3n) is 4.94. The van der Waals surface area contributed by atoms with E-state index in [2.05, 4.69) is 16.0 Å². The lowest BCUT2D eigenvalue weighted by atomic mass is 10.0. The molecule has 11 N–H and O–H groups in total. The van der Waals surface area contributed by atoms with Gasteiger partial charge in [-0.05, 0) is 31.0 Å². The number of benzene rings is 1. The van der Waals surface area contributed by atoms with E-state index in [1.807, 2.05) is 0 Å². The van der Waals surface area contributed by atoms with Crippen LogP contribution in [0.4, 0.5) is 0 Å². The lowest BCUT2D eigenvalue weighted by Crippen LogP contribution is -2.59. The molecule has 1 aromatic rings. The van der Waals surface area contributed by atoms with Crippen molar-refractivity contribution in [3.63, 3.8) is 0 Å². The first kappa shape index (κ1) is 29.3. The van der Waals surface area contributed by atoms with Crippen LogP contribution in [0.1, 0.15) is 25.3 Å². The molecule has 1 rings (SSSR count). The maximum atomic E-state index is 12.9. The van der Waals surface area contributed by atoms with Crippen LogP contribution >= 0.6 is 0 Å². The molecular formula is C21H31N5O9. The third kappa shape index (κ3) is 9.95. The van der Waals surface area contributed by atoms with Crippen LogP contribution in [0.3, 0.4) is 0 Å². The number of amides is 4. The Bertz CT molecular complexity index is 907. The average molecular weight is 498 g/mol. The van der Waals surface area contributed by atoms with Crippen molar-refractivity contribution in [3.05, 3.63) is 29.8 Å². The van der Waals surface area contributed by atoms with Gasteiger partial charge in [-0.2, -0.15) is 0 Å². The summed E-state index contributed by atoms with van der Waals surface area (Å²) in [5.41, 5.74) is 11.0. The second-order valence-electron chi connectivity index (χ2n) is 7.85. The van der Waals surface area contributed by atoms with Crippen molar-refractivity contribution in [2.45, 2.75) is 56.5 Å². The predicted octanol–water partition coefficient (Wildman–Crippen LogP) is -3.56. The van der Waals surface area contributed by atoms with E-state index >= 15 is 0 Å². The van der Waals surface area contributed by atoms with Gasteiger partial charge in [0.05, 0.1) is 12.7 Å². The minimum atomic E-state index is -1.53. The Kier molecular flexibility index (Phi) is 11.6. The van der Waals surface area contributed by atoms with Crippen molar-refractivity contribution in [2.75, 3.05) is 6.61 Å². The molecule has 0 aliphatic carbocycles. The van der Waals surface area contributed by atoms with Crippen LogP contribution in [-0.4, -0.2) is 86.9 Å². The summed E-state index contributed by atoms with van der Waals surface area (Å²) in [6, 6.07) is -0.152. The molecule has 14 heteroatoms. The number of primary amides is 1. The molecule has 0 heterocycles. The van der Waals surface area contributed by atoms with E-state index in [4.69, 9.17) is 11.5 Å². The van der Waals surface area contributed by atoms with Gasteiger partial charge >= 0.3 is 5.97 Å². The standard InChI is InChI=1S/C21H31N5O9/c1-10(28)17(23)20(33)26-15(9-27)19(32)25-14(8-11-2-4-12(29)5-3-11)18(31)24-13(21(34)35)6-7-16(22)30/h2-5,10,13-15,17,27-29H,6-9,23H2,1H3,(H2,22,30)(H,24,31)(H,25,32)(H,26,33)(H,34,35). The van der Waals surface area contributed by atoms with Crippen LogP contribution in [0.5, 0.6) is 5.75 Å². The first-order chi connectivity index (χ1) is 16.3. The van der Waals surface area contributed by atoms with Crippen molar-refractivity contribution in [2.24, 2.45) is 11.5 Å². The highest BCUT2D eigenvalue weighted by molar-refractivity contribution is 5.94. The maximum Gasteiger partial charge on any atom is 0.326 e. The quantitative estimate of drug-likeness (QED) is 0.122. The number of aliphatic hydroxyl groups is 2. The van der Waals surface area contributed by atoms with Gasteiger partial charge in [0, 0.05) is 12.8 Å². The zero-order chi connectivity index (χ0) is 26.7. The number of carboxylic acids is 1. The highest BCUT2D eigenvalue weighted by Crippen LogP contribution is 2.12. The minimum absolute atomic E-state index is 0.0475. The molecule has 5 atom stereocenters. The second kappa shape index (κ2) is 13.8. The summed E-state index contributed by atoms with van der Waals surface area (Å²) in [5, 5.41) is 44.5. The van der Waals surface area contributed by atoms with Gasteiger partial charge < -0.3 is 47.8 Å². The van der Waals surface area contributed by atoms with Crippen molar-refractivity contribution in [1.82, 2.24) is 16.0 Å². The molecule has 5 unspecified atom stereocenters. The molecular weight excluding hydrogens is 466 g/mol. The van der Waals surface area contributed by atoms with E-state index < -0.39 is 66.5 Å². The number of rotatable bonds is 14. The SMILES string of the molecule is CC(O)C(N)C(=O)NC(CO)C(=O)NC(Cc1ccc(O)cc1)C(=O)NC(CCC(N)=O)C(=O)O. The molecule has 35 heavy (non-hydrogen) atoms. The predicted molar refractivity (Wildman–Crippen MR) is 120 cm³/mol. The Morgan fingerprint density at radius 2 is 1.43 bits per heavy atom. The summed E-state index contributed by atoms with van der Waals surface area (Å²) in [7, 11) is 0. The summed E-state index contributed by atoms with van der Waals surface area (Å²) in [4.78, 5) is 60.1. The van der Waals surface area contributed by atoms with Gasteiger partial charge in [0.15, 0.2) is 0 Å². The number of carbonyl (C=O) groups excluding carboxylic acids is 4. The van der Waals surface area contributed by atoms with E-state index in [-0.39, 0.29) is 25.0 Å². The third-order valence-corrected chi connectivity index (χ3v) is 4.94. The molecule has 4 amide bonds. The second-order valence-corrected chi connectivity index (χ2v) is 7.85. The van der Waals surface area contributed by atoms with Gasteiger partial charge in [-0.25, -0.2) is 4.79 Å². The van der Waals surface area contributed by atoms with E-state index in [1.54, 1.807) is 0 Å². The van der Waals surface area contributed by atoms with Crippen molar-refractivity contribution in [3.8, 4) is 5.75 Å². The molecule has 0 saturated carbocycles. The molecule has 194 valence electrons. The maximum absolute atomic E-state index is 12.9. The number of aliphatic carboxylic acids is 1. The van der Waals surface area contributed by atoms with Crippen LogP contribution in [0.15, 0.2) is 24.3 Å². The Balaban J connectivity index is 3.07. The van der Waals surface area contributed by atoms with Gasteiger partial charge in [0.25, 0.3) is 0 Å². The number of carboxylic acid groups (broad SMARTS) is 1. The molecule has 0 aliphatic rings. The van der Waals surface area contributed by atoms with E-state index in [0.717, 1.165) is 0 Å². The Labute approximate surface area is 200 Å². The summed E-state index contributed by atoms with van der Waals surface area (Å²) in [6.45, 7) is 0.390. The molecule has 0 fully saturated rings. The first-order valence-corrected chi connectivity index (χ1v) is 10.6. The number of nitrogens with two attached hydrogens (primary N) is 2. The number of carbonyl (C=O) groups is 5. The molecule has 1 aromatic carbocycles. The number of nitrogens with one attached hydrogen (secondary N) is 3. The fourth-order valence-corrected chi connectivity index (χ4v) is 2.85. The fourth-order valence-electron chi connectivity index (χ4n) is 2.85. The zero-order valence-electron chi connectivity index (χ0n) is 19.0. The molecule has 14 nitrogen and oxygen atoms in total. The Morgan fingerprint density at radius 3 is 1.91 bits per heavy atom. The summed E-state index contributed by atoms with van der Waals surface area (Å²) >= 11 is 0. The average Bonchev–Trinajstić information content (AvgIpc) is 2.79. The Morgan fingerprint density at radius 1 is 0.914 bits per heavy atom. The monoisotopic (exact) mass is 497 g/mol. The Hall–Kier alpha value is -3.75. The van der Waals surface area contributed by atoms with Gasteiger partial charge in [-0.15, -0.1) is 0 Å². The van der Waals surface area contributed by atoms with Gasteiger partial charge in [0.2, 0.25) is 23.6 Å². The molecule has 0 radical (unpaired) electrons.